The molecule has 0 unspecified atom stereocenters. The number of carbonyl (C=O) groups is 3. The second-order valence-corrected chi connectivity index (χ2v) is 13.9. The van der Waals surface area contributed by atoms with Crippen molar-refractivity contribution in [1.82, 2.24) is 10.6 Å². The minimum atomic E-state index is -4.86. The van der Waals surface area contributed by atoms with Crippen molar-refractivity contribution in [3.05, 3.63) is 135 Å². The van der Waals surface area contributed by atoms with Gasteiger partial charge in [0.25, 0.3) is 23.4 Å². The van der Waals surface area contributed by atoms with E-state index in [4.69, 9.17) is 36.1 Å². The van der Waals surface area contributed by atoms with Gasteiger partial charge >= 0.3 is 6.18 Å². The average molecular weight is 878 g/mol. The standard InChI is InChI=1S/C21H19FN4O2S.C12H14FN3O.C9H3F3N2S/c1-12-10-13(7-9-17(12)23-4)25-19(28)21(2,3)26(20(25)29)14-6-8-15(16(22)11-14)18(27)24-5;1-12(2,15-4)16-8-5-6-9(10(13)7-8)11(17)14-3;10-9(11,12)8-3-7(14-5-15)2-1-6(8)4-13/h6-11H,1-3,5H3,(H,24,27);5-7,16H,1-3H3,(H,14,17);1-3H/i7D,10D;;2D,3D. The topological polar surface area (TPSA) is 139 Å². The summed E-state index contributed by atoms with van der Waals surface area (Å²) in [5, 5.41) is 17.9. The van der Waals surface area contributed by atoms with Crippen LogP contribution in [-0.2, 0) is 11.0 Å². The van der Waals surface area contributed by atoms with E-state index in [1.807, 2.05) is 0 Å². The quantitative estimate of drug-likeness (QED) is 0.0723. The van der Waals surface area contributed by atoms with Gasteiger partial charge in [0.15, 0.2) is 10.8 Å². The molecule has 4 aromatic carbocycles. The Balaban J connectivity index is 0.000000281. The summed E-state index contributed by atoms with van der Waals surface area (Å²) < 4.78 is 97.4. The molecule has 3 amide bonds. The molecule has 0 bridgehead atoms. The van der Waals surface area contributed by atoms with Crippen LogP contribution in [0.15, 0.2) is 77.7 Å². The largest absolute Gasteiger partial charge is 0.417 e. The molecule has 0 aromatic heterocycles. The highest BCUT2D eigenvalue weighted by molar-refractivity contribution is 7.81. The first-order chi connectivity index (χ1) is 30.2. The zero-order valence-corrected chi connectivity index (χ0v) is 34.9. The van der Waals surface area contributed by atoms with Crippen LogP contribution in [0.25, 0.3) is 9.69 Å². The van der Waals surface area contributed by atoms with Crippen molar-refractivity contribution in [2.45, 2.75) is 52.0 Å². The van der Waals surface area contributed by atoms with Gasteiger partial charge in [-0.25, -0.2) is 20.2 Å². The third-order valence-corrected chi connectivity index (χ3v) is 8.78. The summed E-state index contributed by atoms with van der Waals surface area (Å²) in [6.07, 6.45) is -4.86. The molecule has 4 aromatic rings. The van der Waals surface area contributed by atoms with Gasteiger partial charge in [-0.1, -0.05) is 6.07 Å². The number of halogens is 5. The molecule has 1 aliphatic heterocycles. The lowest BCUT2D eigenvalue weighted by molar-refractivity contribution is -0.137. The summed E-state index contributed by atoms with van der Waals surface area (Å²) in [7, 11) is 2.83. The van der Waals surface area contributed by atoms with Crippen molar-refractivity contribution in [3.8, 4) is 6.07 Å². The first kappa shape index (κ1) is 42.0. The van der Waals surface area contributed by atoms with Gasteiger partial charge < -0.3 is 20.9 Å². The van der Waals surface area contributed by atoms with Crippen LogP contribution >= 0.6 is 24.4 Å². The van der Waals surface area contributed by atoms with E-state index in [0.29, 0.717) is 17.3 Å². The number of benzene rings is 4. The lowest BCUT2D eigenvalue weighted by Crippen LogP contribution is -2.44. The number of nitrogens with zero attached hydrogens (tertiary/aromatic N) is 6. The van der Waals surface area contributed by atoms with Crippen LogP contribution in [0.1, 0.15) is 70.6 Å². The molecule has 19 heteroatoms. The number of amides is 3. The van der Waals surface area contributed by atoms with Gasteiger partial charge in [-0.05, 0) is 117 Å². The first-order valence-corrected chi connectivity index (χ1v) is 18.1. The normalized spacial score (nSPS) is 13.7. The zero-order valence-electron chi connectivity index (χ0n) is 37.2. The van der Waals surface area contributed by atoms with Crippen LogP contribution in [0.4, 0.5) is 50.4 Å². The fraction of sp³-hybridized carbons (Fsp3) is 0.238. The third kappa shape index (κ3) is 11.3. The van der Waals surface area contributed by atoms with Gasteiger partial charge in [0.05, 0.1) is 51.2 Å². The number of rotatable bonds is 7. The van der Waals surface area contributed by atoms with Gasteiger partial charge in [0, 0.05) is 45.0 Å². The van der Waals surface area contributed by atoms with Crippen LogP contribution in [0.5, 0.6) is 0 Å². The van der Waals surface area contributed by atoms with E-state index in [1.54, 1.807) is 45.8 Å². The number of nitriles is 1. The van der Waals surface area contributed by atoms with Crippen molar-refractivity contribution >= 4 is 80.9 Å². The van der Waals surface area contributed by atoms with Crippen LogP contribution in [0.2, 0.25) is 0 Å². The van der Waals surface area contributed by atoms with Crippen molar-refractivity contribution < 1.29 is 41.8 Å². The Hall–Kier alpha value is -7.10. The number of aliphatic imine (C=N–C) groups is 1. The molecule has 0 saturated carbocycles. The molecule has 5 rings (SSSR count). The second-order valence-electron chi connectivity index (χ2n) is 13.4. The molecule has 1 saturated heterocycles. The minimum absolute atomic E-state index is 0.0151. The summed E-state index contributed by atoms with van der Waals surface area (Å²) in [5.41, 5.74) is -3.79. The van der Waals surface area contributed by atoms with Gasteiger partial charge in [0.2, 0.25) is 0 Å². The maximum atomic E-state index is 14.6. The number of isothiocyanates is 1. The third-order valence-electron chi connectivity index (χ3n) is 8.33. The second kappa shape index (κ2) is 19.8. The Morgan fingerprint density at radius 1 is 0.951 bits per heavy atom. The molecule has 61 heavy (non-hydrogen) atoms. The number of hydrogen-bond acceptors (Lipinski definition) is 8. The predicted octanol–water partition coefficient (Wildman–Crippen LogP) is 9.53. The van der Waals surface area contributed by atoms with Gasteiger partial charge in [-0.3, -0.25) is 24.1 Å². The number of hydrogen-bond donors (Lipinski definition) is 3. The number of alkyl halides is 3. The van der Waals surface area contributed by atoms with E-state index >= 15 is 0 Å². The highest BCUT2D eigenvalue weighted by Gasteiger charge is 2.50. The van der Waals surface area contributed by atoms with Crippen LogP contribution in [0, 0.1) is 43.0 Å². The van der Waals surface area contributed by atoms with E-state index in [2.05, 4.69) is 42.9 Å². The average Bonchev–Trinajstić information content (AvgIpc) is 3.41. The lowest BCUT2D eigenvalue weighted by Gasteiger charge is -2.29. The van der Waals surface area contributed by atoms with Gasteiger partial charge in [0.1, 0.15) is 17.2 Å². The lowest BCUT2D eigenvalue weighted by atomic mass is 10.0. The molecule has 1 heterocycles. The van der Waals surface area contributed by atoms with Crippen molar-refractivity contribution in [1.29, 1.82) is 5.26 Å². The van der Waals surface area contributed by atoms with Crippen molar-refractivity contribution in [2.24, 2.45) is 4.99 Å². The maximum Gasteiger partial charge on any atom is 0.417 e. The maximum absolute atomic E-state index is 14.6. The van der Waals surface area contributed by atoms with Gasteiger partial charge in [-0.15, -0.1) is 0 Å². The molecule has 0 aliphatic carbocycles. The predicted molar refractivity (Wildman–Crippen MR) is 229 cm³/mol. The van der Waals surface area contributed by atoms with E-state index in [-0.39, 0.29) is 45.4 Å². The molecule has 1 fully saturated rings. The van der Waals surface area contributed by atoms with Gasteiger partial charge in [-0.2, -0.15) is 23.4 Å². The van der Waals surface area contributed by atoms with E-state index in [0.717, 1.165) is 11.0 Å². The van der Waals surface area contributed by atoms with Crippen LogP contribution in [0.3, 0.4) is 0 Å². The smallest absolute Gasteiger partial charge is 0.355 e. The minimum Gasteiger partial charge on any atom is -0.355 e. The van der Waals surface area contributed by atoms with Crippen LogP contribution in [-0.4, -0.2) is 53.3 Å². The summed E-state index contributed by atoms with van der Waals surface area (Å²) in [6, 6.07) is 9.51. The molecule has 12 nitrogen and oxygen atoms in total. The summed E-state index contributed by atoms with van der Waals surface area (Å²) in [6.45, 7) is 22.3. The molecule has 1 aliphatic rings. The fourth-order valence-corrected chi connectivity index (χ4v) is 5.89. The molecule has 3 N–H and O–H groups in total. The summed E-state index contributed by atoms with van der Waals surface area (Å²) in [4.78, 5) is 48.8. The highest BCUT2D eigenvalue weighted by atomic mass is 32.1. The Labute approximate surface area is 364 Å². The Morgan fingerprint density at radius 3 is 2.03 bits per heavy atom. The number of anilines is 3. The summed E-state index contributed by atoms with van der Waals surface area (Å²) >= 11 is 9.75. The molecular weight excluding hydrogens is 838 g/mol. The Morgan fingerprint density at radius 2 is 1.54 bits per heavy atom. The van der Waals surface area contributed by atoms with Crippen molar-refractivity contribution in [2.75, 3.05) is 29.2 Å². The molecule has 0 radical (unpaired) electrons. The fourth-order valence-electron chi connectivity index (χ4n) is 5.29. The van der Waals surface area contributed by atoms with Crippen LogP contribution < -0.4 is 25.8 Å². The molecular formula is C42H36F5N9O3S2. The van der Waals surface area contributed by atoms with Crippen molar-refractivity contribution in [3.63, 3.8) is 0 Å². The molecule has 0 atom stereocenters. The highest BCUT2D eigenvalue weighted by Crippen LogP contribution is 2.38. The van der Waals surface area contributed by atoms with E-state index in [1.165, 1.54) is 55.4 Å². The number of nitrogens with one attached hydrogen (secondary N) is 3. The number of thiocarbonyl (C=S) groups is 2. The molecule has 314 valence electrons. The number of carbonyl (C=O) groups excluding carboxylic acids is 3. The van der Waals surface area contributed by atoms with E-state index < -0.39 is 75.6 Å². The zero-order chi connectivity index (χ0) is 49.5. The SMILES string of the molecule is [2H]c1cc(C#N)c(C(F)(F)F)c([2H])c1N=C=S.[2H]c1cc([N+]#[C-])c(C)c([2H])c1N1C(=O)C(C)(C)N(c2ccc(C(=O)NC)c(F)c2)C1=S.[C-]#[N+]C(C)(C)Nc1ccc(C(=O)NC)c(F)c1. The Kier molecular flexibility index (Phi) is 13.6. The first-order valence-electron chi connectivity index (χ1n) is 19.3. The Bertz CT molecular complexity index is 2800. The summed E-state index contributed by atoms with van der Waals surface area (Å²) in [5.74, 6) is -2.95. The monoisotopic (exact) mass is 877 g/mol. The molecule has 0 spiro atoms. The van der Waals surface area contributed by atoms with E-state index in [9.17, 15) is 36.3 Å².